The smallest absolute Gasteiger partial charge is 0.0787 e. The van der Waals surface area contributed by atoms with Gasteiger partial charge < -0.3 is 4.74 Å². The van der Waals surface area contributed by atoms with Gasteiger partial charge in [-0.15, -0.1) is 0 Å². The van der Waals surface area contributed by atoms with Crippen LogP contribution in [0.4, 0.5) is 0 Å². The van der Waals surface area contributed by atoms with Crippen molar-refractivity contribution >= 4 is 11.6 Å². The lowest BCUT2D eigenvalue weighted by Crippen LogP contribution is -2.36. The van der Waals surface area contributed by atoms with E-state index >= 15 is 0 Å². The molecule has 0 radical (unpaired) electrons. The Morgan fingerprint density at radius 2 is 2.06 bits per heavy atom. The number of hydrogen-bond donors (Lipinski definition) is 2. The Labute approximate surface area is 101 Å². The molecule has 88 valence electrons. The summed E-state index contributed by atoms with van der Waals surface area (Å²) in [6.07, 6.45) is 2.61. The molecule has 0 saturated carbocycles. The summed E-state index contributed by atoms with van der Waals surface area (Å²) in [5.41, 5.74) is 3.95. The van der Waals surface area contributed by atoms with Crippen LogP contribution in [0.3, 0.4) is 0 Å². The minimum absolute atomic E-state index is 0.0437. The summed E-state index contributed by atoms with van der Waals surface area (Å²) >= 11 is 5.86. The molecule has 0 spiro atoms. The summed E-state index contributed by atoms with van der Waals surface area (Å²) in [6, 6.07) is 7.76. The number of hydrogen-bond acceptors (Lipinski definition) is 3. The first kappa shape index (κ1) is 11.9. The molecule has 1 aliphatic heterocycles. The molecule has 0 aliphatic carbocycles. The highest BCUT2D eigenvalue weighted by Gasteiger charge is 2.29. The highest BCUT2D eigenvalue weighted by molar-refractivity contribution is 6.30. The molecule has 1 fully saturated rings. The van der Waals surface area contributed by atoms with Gasteiger partial charge in [0.05, 0.1) is 18.2 Å². The monoisotopic (exact) mass is 240 g/mol. The maximum atomic E-state index is 5.86. The first-order valence-electron chi connectivity index (χ1n) is 5.57. The van der Waals surface area contributed by atoms with Crippen LogP contribution >= 0.6 is 11.6 Å². The van der Waals surface area contributed by atoms with E-state index in [0.717, 1.165) is 23.4 Å². The van der Waals surface area contributed by atoms with Crippen molar-refractivity contribution in [2.24, 2.45) is 5.84 Å². The third-order valence-corrected chi connectivity index (χ3v) is 3.30. The Morgan fingerprint density at radius 1 is 1.38 bits per heavy atom. The zero-order valence-electron chi connectivity index (χ0n) is 9.32. The highest BCUT2D eigenvalue weighted by Crippen LogP contribution is 2.30. The first-order chi connectivity index (χ1) is 7.70. The molecule has 0 bridgehead atoms. The van der Waals surface area contributed by atoms with Crippen LogP contribution in [0, 0.1) is 0 Å². The molecule has 3 nitrogen and oxygen atoms in total. The van der Waals surface area contributed by atoms with E-state index in [1.54, 1.807) is 0 Å². The molecule has 1 saturated heterocycles. The third-order valence-electron chi connectivity index (χ3n) is 3.05. The van der Waals surface area contributed by atoms with Crippen LogP contribution in [0.2, 0.25) is 5.02 Å². The van der Waals surface area contributed by atoms with Gasteiger partial charge in [-0.05, 0) is 37.5 Å². The molecule has 3 N–H and O–H groups in total. The van der Waals surface area contributed by atoms with E-state index in [1.165, 1.54) is 0 Å². The van der Waals surface area contributed by atoms with Crippen LogP contribution < -0.4 is 11.3 Å². The molecule has 16 heavy (non-hydrogen) atoms. The Balaban J connectivity index is 2.13. The van der Waals surface area contributed by atoms with E-state index in [0.29, 0.717) is 6.10 Å². The van der Waals surface area contributed by atoms with Crippen molar-refractivity contribution in [3.05, 3.63) is 34.9 Å². The van der Waals surface area contributed by atoms with Crippen molar-refractivity contribution in [3.8, 4) is 0 Å². The molecule has 0 amide bonds. The third kappa shape index (κ3) is 2.55. The average molecular weight is 241 g/mol. The van der Waals surface area contributed by atoms with Crippen molar-refractivity contribution < 1.29 is 4.74 Å². The summed E-state index contributed by atoms with van der Waals surface area (Å²) in [4.78, 5) is 0. The number of ether oxygens (including phenoxy) is 1. The number of nitrogens with two attached hydrogens (primary N) is 1. The SMILES string of the molecule is CC1CCC(C(NN)c2ccc(Cl)cc2)O1. The molecular weight excluding hydrogens is 224 g/mol. The topological polar surface area (TPSA) is 47.3 Å². The van der Waals surface area contributed by atoms with E-state index < -0.39 is 0 Å². The molecule has 3 atom stereocenters. The second kappa shape index (κ2) is 5.15. The van der Waals surface area contributed by atoms with Crippen LogP contribution in [0.25, 0.3) is 0 Å². The van der Waals surface area contributed by atoms with Gasteiger partial charge in [0.25, 0.3) is 0 Å². The quantitative estimate of drug-likeness (QED) is 0.630. The summed E-state index contributed by atoms with van der Waals surface area (Å²) in [5.74, 6) is 5.61. The lowest BCUT2D eigenvalue weighted by molar-refractivity contribution is 0.0316. The maximum Gasteiger partial charge on any atom is 0.0787 e. The predicted molar refractivity (Wildman–Crippen MR) is 65.1 cm³/mol. The van der Waals surface area contributed by atoms with Gasteiger partial charge in [0.2, 0.25) is 0 Å². The van der Waals surface area contributed by atoms with Crippen LogP contribution in [0.15, 0.2) is 24.3 Å². The molecule has 4 heteroatoms. The second-order valence-corrected chi connectivity index (χ2v) is 4.69. The fourth-order valence-corrected chi connectivity index (χ4v) is 2.29. The van der Waals surface area contributed by atoms with E-state index in [-0.39, 0.29) is 12.1 Å². The van der Waals surface area contributed by atoms with E-state index in [1.807, 2.05) is 24.3 Å². The zero-order chi connectivity index (χ0) is 11.5. The number of benzene rings is 1. The number of nitrogens with one attached hydrogen (secondary N) is 1. The summed E-state index contributed by atoms with van der Waals surface area (Å²) in [6.45, 7) is 2.09. The molecule has 0 aromatic heterocycles. The number of rotatable bonds is 3. The fraction of sp³-hybridized carbons (Fsp3) is 0.500. The lowest BCUT2D eigenvalue weighted by atomic mass is 10.00. The second-order valence-electron chi connectivity index (χ2n) is 4.26. The van der Waals surface area contributed by atoms with Crippen LogP contribution in [-0.4, -0.2) is 12.2 Å². The first-order valence-corrected chi connectivity index (χ1v) is 5.95. The Morgan fingerprint density at radius 3 is 2.56 bits per heavy atom. The van der Waals surface area contributed by atoms with Gasteiger partial charge in [0.15, 0.2) is 0 Å². The van der Waals surface area contributed by atoms with Crippen LogP contribution in [-0.2, 0) is 4.74 Å². The van der Waals surface area contributed by atoms with Gasteiger partial charge >= 0.3 is 0 Å². The van der Waals surface area contributed by atoms with Gasteiger partial charge in [-0.25, -0.2) is 0 Å². The highest BCUT2D eigenvalue weighted by atomic mass is 35.5. The van der Waals surface area contributed by atoms with E-state index in [4.69, 9.17) is 22.2 Å². The minimum Gasteiger partial charge on any atom is -0.373 e. The molecule has 1 aromatic carbocycles. The average Bonchev–Trinajstić information content (AvgIpc) is 2.69. The van der Waals surface area contributed by atoms with Gasteiger partial charge in [-0.3, -0.25) is 11.3 Å². The molecule has 1 aliphatic rings. The van der Waals surface area contributed by atoms with Gasteiger partial charge in [0, 0.05) is 5.02 Å². The van der Waals surface area contributed by atoms with Crippen LogP contribution in [0.1, 0.15) is 31.4 Å². The van der Waals surface area contributed by atoms with E-state index in [9.17, 15) is 0 Å². The normalized spacial score (nSPS) is 26.9. The lowest BCUT2D eigenvalue weighted by Gasteiger charge is -2.23. The molecule has 1 heterocycles. The zero-order valence-corrected chi connectivity index (χ0v) is 10.1. The van der Waals surface area contributed by atoms with Crippen molar-refractivity contribution in [1.82, 2.24) is 5.43 Å². The molecule has 2 rings (SSSR count). The van der Waals surface area contributed by atoms with Crippen molar-refractivity contribution in [2.75, 3.05) is 0 Å². The van der Waals surface area contributed by atoms with Crippen molar-refractivity contribution in [1.29, 1.82) is 0 Å². The fourth-order valence-electron chi connectivity index (χ4n) is 2.17. The number of halogens is 1. The van der Waals surface area contributed by atoms with E-state index in [2.05, 4.69) is 12.3 Å². The Hall–Kier alpha value is -0.610. The molecule has 1 aromatic rings. The largest absolute Gasteiger partial charge is 0.373 e. The predicted octanol–water partition coefficient (Wildman–Crippen LogP) is 2.41. The minimum atomic E-state index is 0.0437. The van der Waals surface area contributed by atoms with Gasteiger partial charge in [-0.1, -0.05) is 23.7 Å². The summed E-state index contributed by atoms with van der Waals surface area (Å²) in [7, 11) is 0. The Bertz CT molecular complexity index is 341. The molecule has 3 unspecified atom stereocenters. The summed E-state index contributed by atoms with van der Waals surface area (Å²) < 4.78 is 5.82. The van der Waals surface area contributed by atoms with Gasteiger partial charge in [0.1, 0.15) is 0 Å². The van der Waals surface area contributed by atoms with Crippen LogP contribution in [0.5, 0.6) is 0 Å². The summed E-state index contributed by atoms with van der Waals surface area (Å²) in [5, 5.41) is 0.736. The number of hydrazine groups is 1. The Kier molecular flexibility index (Phi) is 3.82. The maximum absolute atomic E-state index is 5.86. The van der Waals surface area contributed by atoms with Crippen molar-refractivity contribution in [2.45, 2.75) is 38.0 Å². The van der Waals surface area contributed by atoms with Gasteiger partial charge in [-0.2, -0.15) is 0 Å². The molecular formula is C12H17ClN2O. The van der Waals surface area contributed by atoms with Crippen molar-refractivity contribution in [3.63, 3.8) is 0 Å². The standard InChI is InChI=1S/C12H17ClN2O/c1-8-2-7-11(16-8)12(15-14)9-3-5-10(13)6-4-9/h3-6,8,11-12,15H,2,7,14H2,1H3.